The van der Waals surface area contributed by atoms with E-state index < -0.39 is 24.1 Å². The molecule has 1 heterocycles. The Morgan fingerprint density at radius 2 is 2.10 bits per heavy atom. The molecule has 1 aliphatic heterocycles. The summed E-state index contributed by atoms with van der Waals surface area (Å²) in [5, 5.41) is 14.3. The van der Waals surface area contributed by atoms with Gasteiger partial charge in [-0.05, 0) is 19.3 Å². The number of methoxy groups -OCH3 is 1. The van der Waals surface area contributed by atoms with Gasteiger partial charge in [-0.2, -0.15) is 0 Å². The van der Waals surface area contributed by atoms with E-state index in [-0.39, 0.29) is 11.8 Å². The van der Waals surface area contributed by atoms with Gasteiger partial charge in [-0.1, -0.05) is 6.92 Å². The summed E-state index contributed by atoms with van der Waals surface area (Å²) in [4.78, 5) is 36.3. The molecule has 0 radical (unpaired) electrons. The SMILES string of the molecule is COCCNC(=O)C(C)NC(=O)N1CCC(C)C1C(=O)O. The average Bonchev–Trinajstić information content (AvgIpc) is 2.80. The first kappa shape index (κ1) is 17.2. The van der Waals surface area contributed by atoms with Crippen molar-refractivity contribution in [1.82, 2.24) is 15.5 Å². The monoisotopic (exact) mass is 301 g/mol. The lowest BCUT2D eigenvalue weighted by atomic mass is 10.0. The molecule has 3 amide bonds. The molecule has 0 aliphatic carbocycles. The molecule has 0 aromatic heterocycles. The van der Waals surface area contributed by atoms with Crippen LogP contribution in [-0.4, -0.2) is 66.8 Å². The molecule has 0 bridgehead atoms. The first-order valence-electron chi connectivity index (χ1n) is 6.95. The normalized spacial score (nSPS) is 22.7. The average molecular weight is 301 g/mol. The molecule has 0 spiro atoms. The minimum atomic E-state index is -1.02. The number of carbonyl (C=O) groups excluding carboxylic acids is 2. The van der Waals surface area contributed by atoms with Gasteiger partial charge in [0.05, 0.1) is 6.61 Å². The van der Waals surface area contributed by atoms with E-state index in [9.17, 15) is 19.5 Å². The minimum Gasteiger partial charge on any atom is -0.480 e. The molecule has 1 fully saturated rings. The fourth-order valence-corrected chi connectivity index (χ4v) is 2.31. The number of carbonyl (C=O) groups is 3. The van der Waals surface area contributed by atoms with Crippen LogP contribution in [0.5, 0.6) is 0 Å². The van der Waals surface area contributed by atoms with Gasteiger partial charge in [0.1, 0.15) is 12.1 Å². The van der Waals surface area contributed by atoms with Crippen molar-refractivity contribution in [1.29, 1.82) is 0 Å². The second-order valence-corrected chi connectivity index (χ2v) is 5.20. The molecule has 120 valence electrons. The highest BCUT2D eigenvalue weighted by Crippen LogP contribution is 2.24. The standard InChI is InChI=1S/C13H23N3O5/c1-8-4-6-16(10(8)12(18)19)13(20)15-9(2)11(17)14-5-7-21-3/h8-10H,4-7H2,1-3H3,(H,14,17)(H,15,20)(H,18,19). The van der Waals surface area contributed by atoms with Gasteiger partial charge in [0.2, 0.25) is 5.91 Å². The number of likely N-dealkylation sites (tertiary alicyclic amines) is 1. The summed E-state index contributed by atoms with van der Waals surface area (Å²) in [5.41, 5.74) is 0. The van der Waals surface area contributed by atoms with E-state index in [0.29, 0.717) is 26.1 Å². The molecular weight excluding hydrogens is 278 g/mol. The number of amides is 3. The van der Waals surface area contributed by atoms with Crippen LogP contribution in [0.4, 0.5) is 4.79 Å². The molecule has 3 atom stereocenters. The van der Waals surface area contributed by atoms with Gasteiger partial charge in [0, 0.05) is 20.2 Å². The second-order valence-electron chi connectivity index (χ2n) is 5.20. The van der Waals surface area contributed by atoms with Crippen molar-refractivity contribution in [2.24, 2.45) is 5.92 Å². The third kappa shape index (κ3) is 4.59. The van der Waals surface area contributed by atoms with Gasteiger partial charge >= 0.3 is 12.0 Å². The fourth-order valence-electron chi connectivity index (χ4n) is 2.31. The molecule has 8 nitrogen and oxygen atoms in total. The second kappa shape index (κ2) is 7.82. The van der Waals surface area contributed by atoms with E-state index in [2.05, 4.69) is 10.6 Å². The smallest absolute Gasteiger partial charge is 0.326 e. The Labute approximate surface area is 123 Å². The van der Waals surface area contributed by atoms with E-state index >= 15 is 0 Å². The molecule has 1 saturated heterocycles. The van der Waals surface area contributed by atoms with Crippen molar-refractivity contribution in [2.45, 2.75) is 32.4 Å². The summed E-state index contributed by atoms with van der Waals surface area (Å²) in [5.74, 6) is -1.45. The molecule has 0 aromatic carbocycles. The maximum Gasteiger partial charge on any atom is 0.326 e. The van der Waals surface area contributed by atoms with E-state index in [0.717, 1.165) is 0 Å². The lowest BCUT2D eigenvalue weighted by molar-refractivity contribution is -0.142. The quantitative estimate of drug-likeness (QED) is 0.581. The maximum atomic E-state index is 12.1. The molecule has 1 aliphatic rings. The summed E-state index contributed by atoms with van der Waals surface area (Å²) in [6, 6.07) is -2.10. The van der Waals surface area contributed by atoms with E-state index in [1.807, 2.05) is 0 Å². The van der Waals surface area contributed by atoms with Crippen molar-refractivity contribution in [2.75, 3.05) is 26.8 Å². The van der Waals surface area contributed by atoms with E-state index in [1.165, 1.54) is 12.0 Å². The predicted molar refractivity (Wildman–Crippen MR) is 74.8 cm³/mol. The largest absolute Gasteiger partial charge is 0.480 e. The zero-order valence-corrected chi connectivity index (χ0v) is 12.6. The van der Waals surface area contributed by atoms with Crippen LogP contribution in [0.1, 0.15) is 20.3 Å². The van der Waals surface area contributed by atoms with Crippen molar-refractivity contribution in [3.8, 4) is 0 Å². The zero-order chi connectivity index (χ0) is 16.0. The number of nitrogens with zero attached hydrogens (tertiary/aromatic N) is 1. The van der Waals surface area contributed by atoms with Crippen LogP contribution in [-0.2, 0) is 14.3 Å². The summed E-state index contributed by atoms with van der Waals surface area (Å²) in [6.45, 7) is 4.47. The Morgan fingerprint density at radius 3 is 2.67 bits per heavy atom. The highest BCUT2D eigenvalue weighted by molar-refractivity contribution is 5.88. The molecule has 3 N–H and O–H groups in total. The van der Waals surface area contributed by atoms with Crippen molar-refractivity contribution in [3.63, 3.8) is 0 Å². The summed E-state index contributed by atoms with van der Waals surface area (Å²) < 4.78 is 4.81. The molecule has 3 unspecified atom stereocenters. The van der Waals surface area contributed by atoms with Gasteiger partial charge in [-0.25, -0.2) is 9.59 Å². The molecule has 0 aromatic rings. The zero-order valence-electron chi connectivity index (χ0n) is 12.6. The number of hydrogen-bond donors (Lipinski definition) is 3. The van der Waals surface area contributed by atoms with Gasteiger partial charge in [0.25, 0.3) is 0 Å². The lowest BCUT2D eigenvalue weighted by Crippen LogP contribution is -2.53. The third-order valence-corrected chi connectivity index (χ3v) is 3.55. The first-order chi connectivity index (χ1) is 9.88. The number of aliphatic carboxylic acids is 1. The lowest BCUT2D eigenvalue weighted by Gasteiger charge is -2.25. The van der Waals surface area contributed by atoms with Crippen LogP contribution in [0.2, 0.25) is 0 Å². The number of urea groups is 1. The number of nitrogens with one attached hydrogen (secondary N) is 2. The van der Waals surface area contributed by atoms with Crippen LogP contribution >= 0.6 is 0 Å². The van der Waals surface area contributed by atoms with Gasteiger partial charge in [-0.3, -0.25) is 4.79 Å². The summed E-state index contributed by atoms with van der Waals surface area (Å²) >= 11 is 0. The Hall–Kier alpha value is -1.83. The number of carboxylic acid groups (broad SMARTS) is 1. The number of ether oxygens (including phenoxy) is 1. The Morgan fingerprint density at radius 1 is 1.43 bits per heavy atom. The number of carboxylic acids is 1. The number of rotatable bonds is 6. The summed E-state index contributed by atoms with van der Waals surface area (Å²) in [6.07, 6.45) is 0.638. The van der Waals surface area contributed by atoms with E-state index in [1.54, 1.807) is 13.8 Å². The molecule has 8 heteroatoms. The van der Waals surface area contributed by atoms with Crippen molar-refractivity contribution >= 4 is 17.9 Å². The van der Waals surface area contributed by atoms with Crippen LogP contribution < -0.4 is 10.6 Å². The topological polar surface area (TPSA) is 108 Å². The highest BCUT2D eigenvalue weighted by atomic mass is 16.5. The molecule has 0 saturated carbocycles. The van der Waals surface area contributed by atoms with Gasteiger partial charge in [0.15, 0.2) is 0 Å². The molecular formula is C13H23N3O5. The Bertz CT molecular complexity index is 401. The van der Waals surface area contributed by atoms with Crippen LogP contribution in [0.15, 0.2) is 0 Å². The minimum absolute atomic E-state index is 0.0981. The Balaban J connectivity index is 2.52. The van der Waals surface area contributed by atoms with Crippen LogP contribution in [0.25, 0.3) is 0 Å². The Kier molecular flexibility index (Phi) is 6.41. The molecule has 21 heavy (non-hydrogen) atoms. The van der Waals surface area contributed by atoms with E-state index in [4.69, 9.17) is 4.74 Å². The predicted octanol–water partition coefficient (Wildman–Crippen LogP) is -0.358. The van der Waals surface area contributed by atoms with Crippen molar-refractivity contribution < 1.29 is 24.2 Å². The van der Waals surface area contributed by atoms with Crippen LogP contribution in [0.3, 0.4) is 0 Å². The first-order valence-corrected chi connectivity index (χ1v) is 6.95. The van der Waals surface area contributed by atoms with Crippen molar-refractivity contribution in [3.05, 3.63) is 0 Å². The van der Waals surface area contributed by atoms with Gasteiger partial charge in [-0.15, -0.1) is 0 Å². The fraction of sp³-hybridized carbons (Fsp3) is 0.769. The molecule has 1 rings (SSSR count). The summed E-state index contributed by atoms with van der Waals surface area (Å²) in [7, 11) is 1.53. The highest BCUT2D eigenvalue weighted by Gasteiger charge is 2.40. The number of hydrogen-bond acceptors (Lipinski definition) is 4. The van der Waals surface area contributed by atoms with Gasteiger partial charge < -0.3 is 25.4 Å². The maximum absolute atomic E-state index is 12.1. The van der Waals surface area contributed by atoms with Crippen LogP contribution in [0, 0.1) is 5.92 Å². The third-order valence-electron chi connectivity index (χ3n) is 3.55.